The first-order chi connectivity index (χ1) is 16.6. The van der Waals surface area contributed by atoms with E-state index in [-0.39, 0.29) is 6.10 Å². The van der Waals surface area contributed by atoms with Crippen LogP contribution in [-0.2, 0) is 16.0 Å². The van der Waals surface area contributed by atoms with Gasteiger partial charge in [0.2, 0.25) is 0 Å². The third-order valence-electron chi connectivity index (χ3n) is 8.50. The van der Waals surface area contributed by atoms with Gasteiger partial charge in [-0.1, -0.05) is 51.1 Å². The summed E-state index contributed by atoms with van der Waals surface area (Å²) in [4.78, 5) is 2.64. The molecular formula is C30H44N2O2. The third kappa shape index (κ3) is 5.45. The van der Waals surface area contributed by atoms with Gasteiger partial charge in [0.25, 0.3) is 0 Å². The summed E-state index contributed by atoms with van der Waals surface area (Å²) in [6.45, 7) is 12.0. The molecule has 34 heavy (non-hydrogen) atoms. The van der Waals surface area contributed by atoms with Crippen LogP contribution in [0, 0.1) is 23.7 Å². The van der Waals surface area contributed by atoms with Crippen LogP contribution in [0.25, 0.3) is 0 Å². The van der Waals surface area contributed by atoms with Gasteiger partial charge in [0.15, 0.2) is 0 Å². The van der Waals surface area contributed by atoms with Gasteiger partial charge in [-0.05, 0) is 86.2 Å². The number of ether oxygens (including phenoxy) is 2. The van der Waals surface area contributed by atoms with Crippen LogP contribution in [0.3, 0.4) is 0 Å². The number of allylic oxidation sites excluding steroid dienone is 1. The van der Waals surface area contributed by atoms with Gasteiger partial charge in [-0.3, -0.25) is 4.90 Å². The van der Waals surface area contributed by atoms with E-state index >= 15 is 0 Å². The molecule has 0 aromatic heterocycles. The molecule has 0 saturated carbocycles. The van der Waals surface area contributed by atoms with Crippen molar-refractivity contribution in [2.75, 3.05) is 26.3 Å². The molecule has 0 amide bonds. The minimum atomic E-state index is 0.257. The molecule has 4 nitrogen and oxygen atoms in total. The number of nitrogens with one attached hydrogen (secondary N) is 1. The zero-order valence-electron chi connectivity index (χ0n) is 21.4. The average Bonchev–Trinajstić information content (AvgIpc) is 2.85. The van der Waals surface area contributed by atoms with Crippen LogP contribution < -0.4 is 5.32 Å². The van der Waals surface area contributed by atoms with Crippen molar-refractivity contribution in [3.8, 4) is 0 Å². The molecule has 4 heteroatoms. The van der Waals surface area contributed by atoms with E-state index in [4.69, 9.17) is 9.47 Å². The minimum absolute atomic E-state index is 0.257. The summed E-state index contributed by atoms with van der Waals surface area (Å²) in [6, 6.07) is 11.9. The zero-order valence-corrected chi connectivity index (χ0v) is 21.4. The van der Waals surface area contributed by atoms with Gasteiger partial charge in [0, 0.05) is 31.2 Å². The van der Waals surface area contributed by atoms with Gasteiger partial charge < -0.3 is 14.8 Å². The van der Waals surface area contributed by atoms with Crippen LogP contribution in [0.5, 0.6) is 0 Å². The maximum Gasteiger partial charge on any atom is 0.115 e. The van der Waals surface area contributed by atoms with Gasteiger partial charge in [-0.2, -0.15) is 0 Å². The minimum Gasteiger partial charge on any atom is -0.494 e. The first-order valence-electron chi connectivity index (χ1n) is 13.8. The van der Waals surface area contributed by atoms with E-state index in [1.165, 1.54) is 49.9 Å². The first-order valence-corrected chi connectivity index (χ1v) is 13.8. The van der Waals surface area contributed by atoms with Gasteiger partial charge in [-0.15, -0.1) is 0 Å². The summed E-state index contributed by atoms with van der Waals surface area (Å²) in [7, 11) is 0. The number of piperidine rings is 2. The van der Waals surface area contributed by atoms with E-state index in [9.17, 15) is 0 Å². The number of hydrogen-bond acceptors (Lipinski definition) is 4. The molecule has 3 heterocycles. The predicted octanol–water partition coefficient (Wildman–Crippen LogP) is 5.56. The number of rotatable bonds is 7. The van der Waals surface area contributed by atoms with Crippen molar-refractivity contribution in [3.63, 3.8) is 0 Å². The smallest absolute Gasteiger partial charge is 0.115 e. The van der Waals surface area contributed by atoms with Crippen LogP contribution >= 0.6 is 0 Å². The van der Waals surface area contributed by atoms with Crippen LogP contribution in [0.4, 0.5) is 0 Å². The Labute approximate surface area is 206 Å². The van der Waals surface area contributed by atoms with Gasteiger partial charge >= 0.3 is 0 Å². The van der Waals surface area contributed by atoms with E-state index in [1.54, 1.807) is 0 Å². The van der Waals surface area contributed by atoms with E-state index in [0.717, 1.165) is 37.9 Å². The van der Waals surface area contributed by atoms with Crippen molar-refractivity contribution in [3.05, 3.63) is 59.4 Å². The van der Waals surface area contributed by atoms with Gasteiger partial charge in [0.1, 0.15) is 5.76 Å². The molecule has 186 valence electrons. The lowest BCUT2D eigenvalue weighted by atomic mass is 9.68. The Morgan fingerprint density at radius 1 is 1.12 bits per heavy atom. The van der Waals surface area contributed by atoms with Crippen molar-refractivity contribution in [2.24, 2.45) is 23.7 Å². The first kappa shape index (κ1) is 24.1. The Morgan fingerprint density at radius 2 is 1.91 bits per heavy atom. The van der Waals surface area contributed by atoms with Crippen LogP contribution in [0.15, 0.2) is 53.8 Å². The van der Waals surface area contributed by atoms with E-state index in [1.807, 2.05) is 0 Å². The second-order valence-corrected chi connectivity index (χ2v) is 11.5. The van der Waals surface area contributed by atoms with E-state index in [2.05, 4.69) is 73.5 Å². The maximum atomic E-state index is 6.51. The summed E-state index contributed by atoms with van der Waals surface area (Å²) >= 11 is 0. The quantitative estimate of drug-likeness (QED) is 0.573. The van der Waals surface area contributed by atoms with Crippen LogP contribution in [-0.4, -0.2) is 49.4 Å². The van der Waals surface area contributed by atoms with Crippen molar-refractivity contribution in [1.29, 1.82) is 0 Å². The average molecular weight is 465 g/mol. The highest BCUT2D eigenvalue weighted by atomic mass is 16.5. The Balaban J connectivity index is 1.25. The molecule has 1 N–H and O–H groups in total. The molecule has 5 atom stereocenters. The molecule has 5 rings (SSSR count). The molecule has 2 unspecified atom stereocenters. The van der Waals surface area contributed by atoms with Crippen molar-refractivity contribution < 1.29 is 9.47 Å². The zero-order chi connectivity index (χ0) is 23.5. The second kappa shape index (κ2) is 11.0. The molecule has 0 radical (unpaired) electrons. The summed E-state index contributed by atoms with van der Waals surface area (Å²) in [6.07, 6.45) is 11.0. The number of benzene rings is 1. The molecule has 3 saturated heterocycles. The summed E-state index contributed by atoms with van der Waals surface area (Å²) in [5, 5.41) is 4.17. The third-order valence-corrected chi connectivity index (χ3v) is 8.50. The summed E-state index contributed by atoms with van der Waals surface area (Å²) in [5.74, 6) is 3.49. The number of likely N-dealkylation sites (tertiary alicyclic amines) is 1. The lowest BCUT2D eigenvalue weighted by molar-refractivity contribution is -0.0533. The Bertz CT molecular complexity index is 856. The largest absolute Gasteiger partial charge is 0.494 e. The van der Waals surface area contributed by atoms with Crippen molar-refractivity contribution >= 4 is 0 Å². The number of fused-ring (bicyclic) bond motifs is 3. The molecule has 3 fully saturated rings. The SMILES string of the molecule is CC(C)CCOC1=CC(C)C2N[C@H](C3CCN(Cc4ccccc4)CC3)[C@@H]3CCCO[C@@H]3C2=C1. The highest BCUT2D eigenvalue weighted by Crippen LogP contribution is 2.43. The molecule has 1 aromatic rings. The molecule has 4 aliphatic rings. The lowest BCUT2D eigenvalue weighted by Gasteiger charge is -2.52. The maximum absolute atomic E-state index is 6.51. The second-order valence-electron chi connectivity index (χ2n) is 11.5. The fourth-order valence-electron chi connectivity index (χ4n) is 6.61. The number of hydrogen-bond donors (Lipinski definition) is 1. The predicted molar refractivity (Wildman–Crippen MR) is 138 cm³/mol. The monoisotopic (exact) mass is 464 g/mol. The van der Waals surface area contributed by atoms with E-state index < -0.39 is 0 Å². The summed E-state index contributed by atoms with van der Waals surface area (Å²) < 4.78 is 12.7. The molecule has 1 aromatic carbocycles. The number of nitrogens with zero attached hydrogens (tertiary/aromatic N) is 1. The highest BCUT2D eigenvalue weighted by molar-refractivity contribution is 5.36. The highest BCUT2D eigenvalue weighted by Gasteiger charge is 2.47. The van der Waals surface area contributed by atoms with Gasteiger partial charge in [0.05, 0.1) is 12.7 Å². The van der Waals surface area contributed by atoms with E-state index in [0.29, 0.717) is 29.8 Å². The van der Waals surface area contributed by atoms with Gasteiger partial charge in [-0.25, -0.2) is 0 Å². The van der Waals surface area contributed by atoms with Crippen LogP contribution in [0.2, 0.25) is 0 Å². The Hall–Kier alpha value is -1.62. The fraction of sp³-hybridized carbons (Fsp3) is 0.667. The molecule has 0 bridgehead atoms. The Kier molecular flexibility index (Phi) is 7.77. The van der Waals surface area contributed by atoms with Crippen molar-refractivity contribution in [1.82, 2.24) is 10.2 Å². The topological polar surface area (TPSA) is 33.7 Å². The normalized spacial score (nSPS) is 32.5. The van der Waals surface area contributed by atoms with Crippen LogP contribution in [0.1, 0.15) is 58.4 Å². The lowest BCUT2D eigenvalue weighted by Crippen LogP contribution is -2.62. The summed E-state index contributed by atoms with van der Waals surface area (Å²) in [5.41, 5.74) is 2.87. The standard InChI is InChI=1S/C30H44N2O2/c1-21(2)13-17-33-25-18-22(3)28-27(19-25)30-26(10-7-16-34-30)29(31-28)24-11-14-32(15-12-24)20-23-8-5-4-6-9-23/h4-6,8-9,18-19,21-22,24,26,28-31H,7,10-17,20H2,1-3H3/t22?,26-,28?,29+,30-/m0/s1. The molecular weight excluding hydrogens is 420 g/mol. The molecule has 0 spiro atoms. The molecule has 1 aliphatic carbocycles. The fourth-order valence-corrected chi connectivity index (χ4v) is 6.61. The Morgan fingerprint density at radius 3 is 2.68 bits per heavy atom. The molecule has 3 aliphatic heterocycles. The van der Waals surface area contributed by atoms with Crippen molar-refractivity contribution in [2.45, 2.75) is 77.6 Å².